The molecule has 0 amide bonds. The number of aromatic hydroxyl groups is 1. The molecule has 5 aromatic carbocycles. The van der Waals surface area contributed by atoms with Gasteiger partial charge in [-0.3, -0.25) is 9.11 Å². The zero-order valence-electron chi connectivity index (χ0n) is 26.0. The van der Waals surface area contributed by atoms with Crippen LogP contribution in [0.3, 0.4) is 0 Å². The fourth-order valence-electron chi connectivity index (χ4n) is 4.97. The number of phenolic OH excluding ortho intramolecular Hbond substituents is 1. The van der Waals surface area contributed by atoms with Crippen LogP contribution in [0.25, 0.3) is 21.5 Å². The Hall–Kier alpha value is -5.23. The van der Waals surface area contributed by atoms with Crippen LogP contribution in [0.4, 0.5) is 34.6 Å². The van der Waals surface area contributed by atoms with Crippen LogP contribution in [0, 0.1) is 0 Å². The Morgan fingerprint density at radius 3 is 2.21 bits per heavy atom. The summed E-state index contributed by atoms with van der Waals surface area (Å²) >= 11 is 6.53. The first-order chi connectivity index (χ1) is 24.7. The number of anilines is 4. The zero-order valence-corrected chi connectivity index (χ0v) is 29.2. The molecule has 1 aromatic heterocycles. The van der Waals surface area contributed by atoms with Crippen LogP contribution in [-0.2, 0) is 29.6 Å². The Kier molecular flexibility index (Phi) is 10.4. The van der Waals surface area contributed by atoms with Crippen molar-refractivity contribution in [2.45, 2.75) is 14.7 Å². The standard InChI is InChI=1S/C30H22ClN7O11S3/c1-47-17-9-10-21(24(13-17)52(44,45)46)37-38-26-23(50-49-48-40)12-16-11-18(51(41,42)43)14-22(25(16)27(26)39)33-30-35-28(31)34-29(36-30)32-20-8-4-6-15-5-2-3-7-19(15)20/h2-14,39-40H,1H3,(H,41,42,43)(H,44,45,46)(H2,32,33,34,35,36)/b38-37+. The average Bonchev–Trinajstić information content (AvgIpc) is 3.09. The van der Waals surface area contributed by atoms with Gasteiger partial charge in [0.15, 0.2) is 5.75 Å². The first-order valence-electron chi connectivity index (χ1n) is 14.2. The van der Waals surface area contributed by atoms with Gasteiger partial charge in [-0.15, -0.1) is 14.6 Å². The molecule has 0 saturated heterocycles. The summed E-state index contributed by atoms with van der Waals surface area (Å²) < 4.78 is 78.1. The molecule has 1 heterocycles. The van der Waals surface area contributed by atoms with Gasteiger partial charge in [-0.1, -0.05) is 41.4 Å². The minimum Gasteiger partial charge on any atom is -0.505 e. The molecule has 22 heteroatoms. The average molecular weight is 788 g/mol. The van der Waals surface area contributed by atoms with E-state index in [4.69, 9.17) is 21.6 Å². The highest BCUT2D eigenvalue weighted by Gasteiger charge is 2.23. The van der Waals surface area contributed by atoms with Gasteiger partial charge in [0.25, 0.3) is 20.2 Å². The lowest BCUT2D eigenvalue weighted by atomic mass is 10.1. The SMILES string of the molecule is COc1ccc(/N=N/c2c(SOOO)cc3cc(S(=O)(=O)O)cc(Nc4nc(Cl)nc(Nc5cccc6ccccc56)n4)c3c2O)c(S(=O)(=O)O)c1. The predicted octanol–water partition coefficient (Wildman–Crippen LogP) is 7.37. The number of azo groups is 1. The highest BCUT2D eigenvalue weighted by molar-refractivity contribution is 7.94. The van der Waals surface area contributed by atoms with Crippen molar-refractivity contribution in [1.29, 1.82) is 0 Å². The summed E-state index contributed by atoms with van der Waals surface area (Å²) in [5.74, 6) is -0.873. The van der Waals surface area contributed by atoms with E-state index in [1.807, 2.05) is 36.4 Å². The second-order valence-corrected chi connectivity index (χ2v) is 14.3. The van der Waals surface area contributed by atoms with Gasteiger partial charge in [0, 0.05) is 22.5 Å². The Balaban J connectivity index is 1.50. The minimum absolute atomic E-state index is 0.0122. The lowest BCUT2D eigenvalue weighted by Crippen LogP contribution is -2.06. The minimum atomic E-state index is -4.86. The molecule has 0 saturated carbocycles. The fraction of sp³-hybridized carbons (Fsp3) is 0.0333. The Labute approximate surface area is 302 Å². The number of hydrogen-bond donors (Lipinski definition) is 6. The first kappa shape index (κ1) is 36.6. The van der Waals surface area contributed by atoms with Crippen LogP contribution in [0.5, 0.6) is 11.5 Å². The molecular weight excluding hydrogens is 766 g/mol. The number of rotatable bonds is 12. The molecule has 0 unspecified atom stereocenters. The normalized spacial score (nSPS) is 12.1. The molecule has 0 spiro atoms. The van der Waals surface area contributed by atoms with Gasteiger partial charge < -0.3 is 20.5 Å². The van der Waals surface area contributed by atoms with Crippen molar-refractivity contribution in [3.8, 4) is 11.5 Å². The first-order valence-corrected chi connectivity index (χ1v) is 18.2. The highest BCUT2D eigenvalue weighted by atomic mass is 35.5. The zero-order chi connectivity index (χ0) is 37.2. The molecule has 268 valence electrons. The van der Waals surface area contributed by atoms with E-state index in [0.29, 0.717) is 17.7 Å². The molecule has 6 rings (SSSR count). The summed E-state index contributed by atoms with van der Waals surface area (Å²) in [4.78, 5) is 11.1. The third-order valence-corrected chi connectivity index (χ3v) is 9.67. The molecule has 0 atom stereocenters. The van der Waals surface area contributed by atoms with E-state index in [1.165, 1.54) is 25.3 Å². The summed E-state index contributed by atoms with van der Waals surface area (Å²) in [5.41, 5.74) is -0.354. The third kappa shape index (κ3) is 7.97. The van der Waals surface area contributed by atoms with Crippen LogP contribution in [-0.4, -0.2) is 58.4 Å². The molecule has 0 aliphatic heterocycles. The van der Waals surface area contributed by atoms with E-state index in [2.05, 4.69) is 45.2 Å². The number of methoxy groups -OCH3 is 1. The predicted molar refractivity (Wildman–Crippen MR) is 188 cm³/mol. The van der Waals surface area contributed by atoms with E-state index < -0.39 is 41.5 Å². The Bertz CT molecular complexity index is 2610. The topological polar surface area (TPSA) is 264 Å². The van der Waals surface area contributed by atoms with E-state index in [9.17, 15) is 31.0 Å². The number of nitrogens with zero attached hydrogens (tertiary/aromatic N) is 5. The molecule has 0 fully saturated rings. The quantitative estimate of drug-likeness (QED) is 0.0232. The van der Waals surface area contributed by atoms with Crippen LogP contribution in [0.15, 0.2) is 104 Å². The summed E-state index contributed by atoms with van der Waals surface area (Å²) in [6.07, 6.45) is 0. The monoisotopic (exact) mass is 787 g/mol. The van der Waals surface area contributed by atoms with Crippen molar-refractivity contribution in [2.75, 3.05) is 17.7 Å². The summed E-state index contributed by atoms with van der Waals surface area (Å²) in [7, 11) is -8.43. The summed E-state index contributed by atoms with van der Waals surface area (Å²) in [5, 5.41) is 39.1. The van der Waals surface area contributed by atoms with Crippen molar-refractivity contribution < 1.29 is 50.4 Å². The van der Waals surface area contributed by atoms with Gasteiger partial charge in [0.1, 0.15) is 22.0 Å². The smallest absolute Gasteiger partial charge is 0.296 e. The van der Waals surface area contributed by atoms with Crippen LogP contribution < -0.4 is 15.4 Å². The Morgan fingerprint density at radius 1 is 0.808 bits per heavy atom. The van der Waals surface area contributed by atoms with E-state index in [0.717, 1.165) is 29.0 Å². The summed E-state index contributed by atoms with van der Waals surface area (Å²) in [6, 6.07) is 19.7. The lowest BCUT2D eigenvalue weighted by molar-refractivity contribution is -0.432. The van der Waals surface area contributed by atoms with E-state index in [1.54, 1.807) is 6.07 Å². The number of hydrogen-bond acceptors (Lipinski definition) is 17. The van der Waals surface area contributed by atoms with Crippen LogP contribution in [0.1, 0.15) is 0 Å². The second kappa shape index (κ2) is 14.8. The van der Waals surface area contributed by atoms with Crippen molar-refractivity contribution in [2.24, 2.45) is 10.2 Å². The maximum absolute atomic E-state index is 12.3. The van der Waals surface area contributed by atoms with Gasteiger partial charge in [0.2, 0.25) is 17.2 Å². The molecule has 6 aromatic rings. The van der Waals surface area contributed by atoms with Crippen LogP contribution in [0.2, 0.25) is 5.28 Å². The van der Waals surface area contributed by atoms with Gasteiger partial charge in [-0.2, -0.15) is 31.8 Å². The van der Waals surface area contributed by atoms with Crippen molar-refractivity contribution in [3.63, 3.8) is 0 Å². The van der Waals surface area contributed by atoms with Gasteiger partial charge >= 0.3 is 0 Å². The third-order valence-electron chi connectivity index (χ3n) is 7.17. The molecule has 18 nitrogen and oxygen atoms in total. The molecule has 0 aliphatic carbocycles. The number of nitrogens with one attached hydrogen (secondary N) is 2. The van der Waals surface area contributed by atoms with Crippen molar-refractivity contribution >= 4 is 100 Å². The number of phenols is 1. The largest absolute Gasteiger partial charge is 0.505 e. The molecule has 0 bridgehead atoms. The summed E-state index contributed by atoms with van der Waals surface area (Å²) in [6.45, 7) is 0. The maximum atomic E-state index is 12.3. The highest BCUT2D eigenvalue weighted by Crippen LogP contribution is 2.48. The van der Waals surface area contributed by atoms with Gasteiger partial charge in [-0.25, -0.2) is 5.26 Å². The number of ether oxygens (including phenoxy) is 1. The van der Waals surface area contributed by atoms with Crippen molar-refractivity contribution in [1.82, 2.24) is 15.0 Å². The fourth-order valence-corrected chi connectivity index (χ4v) is 6.81. The van der Waals surface area contributed by atoms with E-state index >= 15 is 0 Å². The second-order valence-electron chi connectivity index (χ2n) is 10.4. The molecule has 0 radical (unpaired) electrons. The van der Waals surface area contributed by atoms with Crippen LogP contribution >= 0.6 is 23.6 Å². The van der Waals surface area contributed by atoms with Gasteiger partial charge in [-0.05, 0) is 58.8 Å². The Morgan fingerprint density at radius 2 is 1.52 bits per heavy atom. The number of benzene rings is 5. The molecule has 0 aliphatic rings. The maximum Gasteiger partial charge on any atom is 0.296 e. The molecule has 6 N–H and O–H groups in total. The molecule has 52 heavy (non-hydrogen) atoms. The lowest BCUT2D eigenvalue weighted by Gasteiger charge is -2.15. The molecular formula is C30H22ClN7O11S3. The number of aromatic nitrogens is 3. The van der Waals surface area contributed by atoms with Crippen molar-refractivity contribution in [3.05, 3.63) is 84.1 Å². The number of halogens is 1. The van der Waals surface area contributed by atoms with Gasteiger partial charge in [0.05, 0.1) is 34.6 Å². The number of fused-ring (bicyclic) bond motifs is 2. The van der Waals surface area contributed by atoms with E-state index in [-0.39, 0.29) is 50.0 Å².